The first kappa shape index (κ1) is 16.4. The molecule has 112 valence electrons. The number of carbonyl (C=O) groups is 1. The van der Waals surface area contributed by atoms with Crippen LogP contribution in [-0.2, 0) is 4.79 Å². The van der Waals surface area contributed by atoms with Gasteiger partial charge in [-0.2, -0.15) is 0 Å². The summed E-state index contributed by atoms with van der Waals surface area (Å²) in [6, 6.07) is 0. The number of piperidine rings is 1. The van der Waals surface area contributed by atoms with Gasteiger partial charge in [0.15, 0.2) is 0 Å². The van der Waals surface area contributed by atoms with Crippen LogP contribution in [0.15, 0.2) is 0 Å². The van der Waals surface area contributed by atoms with Gasteiger partial charge in [0.2, 0.25) is 5.91 Å². The van der Waals surface area contributed by atoms with Crippen molar-refractivity contribution in [3.63, 3.8) is 0 Å². The van der Waals surface area contributed by atoms with Gasteiger partial charge < -0.3 is 15.7 Å². The Kier molecular flexibility index (Phi) is 8.07. The molecule has 1 saturated heterocycles. The fourth-order valence-corrected chi connectivity index (χ4v) is 2.81. The molecule has 3 N–H and O–H groups in total. The van der Waals surface area contributed by atoms with Crippen LogP contribution in [-0.4, -0.2) is 36.8 Å². The zero-order valence-electron chi connectivity index (χ0n) is 12.5. The smallest absolute Gasteiger partial charge is 0.220 e. The maximum Gasteiger partial charge on any atom is 0.220 e. The third-order valence-electron chi connectivity index (χ3n) is 4.34. The first-order chi connectivity index (χ1) is 9.17. The van der Waals surface area contributed by atoms with Crippen LogP contribution in [0.4, 0.5) is 0 Å². The summed E-state index contributed by atoms with van der Waals surface area (Å²) in [5.74, 6) is 1.07. The van der Waals surface area contributed by atoms with Gasteiger partial charge in [0.05, 0.1) is 6.10 Å². The largest absolute Gasteiger partial charge is 0.391 e. The molecule has 1 aliphatic heterocycles. The van der Waals surface area contributed by atoms with Crippen molar-refractivity contribution >= 4 is 5.91 Å². The zero-order valence-corrected chi connectivity index (χ0v) is 12.5. The van der Waals surface area contributed by atoms with E-state index in [1.807, 2.05) is 0 Å². The van der Waals surface area contributed by atoms with Crippen molar-refractivity contribution in [2.75, 3.05) is 19.6 Å². The van der Waals surface area contributed by atoms with E-state index >= 15 is 0 Å². The van der Waals surface area contributed by atoms with Gasteiger partial charge >= 0.3 is 0 Å². The van der Waals surface area contributed by atoms with Gasteiger partial charge in [-0.1, -0.05) is 26.7 Å². The monoisotopic (exact) mass is 270 g/mol. The highest BCUT2D eigenvalue weighted by molar-refractivity contribution is 5.75. The minimum absolute atomic E-state index is 0.0866. The van der Waals surface area contributed by atoms with E-state index in [1.165, 1.54) is 12.8 Å². The first-order valence-electron chi connectivity index (χ1n) is 7.82. The molecule has 0 bridgehead atoms. The summed E-state index contributed by atoms with van der Waals surface area (Å²) in [7, 11) is 0. The van der Waals surface area contributed by atoms with Crippen molar-refractivity contribution in [3.8, 4) is 0 Å². The lowest BCUT2D eigenvalue weighted by Crippen LogP contribution is -2.36. The van der Waals surface area contributed by atoms with Crippen LogP contribution >= 0.6 is 0 Å². The Morgan fingerprint density at radius 3 is 2.53 bits per heavy atom. The van der Waals surface area contributed by atoms with Gasteiger partial charge in [0.1, 0.15) is 0 Å². The SMILES string of the molecule is CCC(CC)C(O)CNC(=O)CCC1CCNCC1. The zero-order chi connectivity index (χ0) is 14.1. The molecule has 1 heterocycles. The van der Waals surface area contributed by atoms with Crippen LogP contribution in [0.3, 0.4) is 0 Å². The van der Waals surface area contributed by atoms with E-state index in [0.717, 1.165) is 32.4 Å². The number of rotatable bonds is 8. The summed E-state index contributed by atoms with van der Waals surface area (Å²) in [6.07, 6.45) is 5.46. The number of aliphatic hydroxyl groups excluding tert-OH is 1. The second-order valence-corrected chi connectivity index (χ2v) is 5.68. The summed E-state index contributed by atoms with van der Waals surface area (Å²) in [6.45, 7) is 6.73. The molecule has 1 fully saturated rings. The maximum atomic E-state index is 11.8. The Balaban J connectivity index is 2.13. The van der Waals surface area contributed by atoms with Crippen LogP contribution in [0.1, 0.15) is 52.4 Å². The van der Waals surface area contributed by atoms with Crippen LogP contribution in [0.5, 0.6) is 0 Å². The van der Waals surface area contributed by atoms with Gasteiger partial charge in [0.25, 0.3) is 0 Å². The van der Waals surface area contributed by atoms with Crippen molar-refractivity contribution in [2.45, 2.75) is 58.5 Å². The van der Waals surface area contributed by atoms with E-state index in [-0.39, 0.29) is 5.91 Å². The summed E-state index contributed by atoms with van der Waals surface area (Å²) in [5, 5.41) is 16.2. The highest BCUT2D eigenvalue weighted by Crippen LogP contribution is 2.17. The highest BCUT2D eigenvalue weighted by atomic mass is 16.3. The van der Waals surface area contributed by atoms with Gasteiger partial charge in [-0.25, -0.2) is 0 Å². The summed E-state index contributed by atoms with van der Waals surface area (Å²) < 4.78 is 0. The van der Waals surface area contributed by atoms with Crippen LogP contribution in [0.2, 0.25) is 0 Å². The number of hydrogen-bond acceptors (Lipinski definition) is 3. The lowest BCUT2D eigenvalue weighted by Gasteiger charge is -2.23. The molecule has 1 atom stereocenters. The normalized spacial score (nSPS) is 18.5. The van der Waals surface area contributed by atoms with Gasteiger partial charge in [0, 0.05) is 13.0 Å². The van der Waals surface area contributed by atoms with Crippen molar-refractivity contribution in [3.05, 3.63) is 0 Å². The molecular weight excluding hydrogens is 240 g/mol. The van der Waals surface area contributed by atoms with E-state index in [2.05, 4.69) is 24.5 Å². The topological polar surface area (TPSA) is 61.4 Å². The van der Waals surface area contributed by atoms with Crippen LogP contribution in [0, 0.1) is 11.8 Å². The molecule has 0 saturated carbocycles. The predicted octanol–water partition coefficient (Wildman–Crippen LogP) is 1.68. The van der Waals surface area contributed by atoms with E-state index in [0.29, 0.717) is 24.8 Å². The number of aliphatic hydroxyl groups is 1. The molecule has 0 aromatic carbocycles. The van der Waals surface area contributed by atoms with Crippen molar-refractivity contribution in [1.82, 2.24) is 10.6 Å². The molecule has 0 aromatic rings. The maximum absolute atomic E-state index is 11.8. The van der Waals surface area contributed by atoms with Crippen LogP contribution < -0.4 is 10.6 Å². The van der Waals surface area contributed by atoms with E-state index in [1.54, 1.807) is 0 Å². The standard InChI is InChI=1S/C15H30N2O2/c1-3-13(4-2)14(18)11-17-15(19)6-5-12-7-9-16-10-8-12/h12-14,16,18H,3-11H2,1-2H3,(H,17,19). The summed E-state index contributed by atoms with van der Waals surface area (Å²) in [5.41, 5.74) is 0. The fourth-order valence-electron chi connectivity index (χ4n) is 2.81. The average Bonchev–Trinajstić information content (AvgIpc) is 2.45. The molecule has 0 aromatic heterocycles. The van der Waals surface area contributed by atoms with Gasteiger partial charge in [-0.05, 0) is 44.2 Å². The Morgan fingerprint density at radius 2 is 1.95 bits per heavy atom. The van der Waals surface area contributed by atoms with Crippen molar-refractivity contribution in [1.29, 1.82) is 0 Å². The molecule has 0 spiro atoms. The van der Waals surface area contributed by atoms with Crippen molar-refractivity contribution < 1.29 is 9.90 Å². The third-order valence-corrected chi connectivity index (χ3v) is 4.34. The molecule has 0 radical (unpaired) electrons. The second kappa shape index (κ2) is 9.32. The molecule has 1 unspecified atom stereocenters. The summed E-state index contributed by atoms with van der Waals surface area (Å²) >= 11 is 0. The Bertz CT molecular complexity index is 249. The van der Waals surface area contributed by atoms with Crippen molar-refractivity contribution in [2.24, 2.45) is 11.8 Å². The third kappa shape index (κ3) is 6.39. The van der Waals surface area contributed by atoms with Crippen LogP contribution in [0.25, 0.3) is 0 Å². The number of nitrogens with one attached hydrogen (secondary N) is 2. The molecule has 1 aliphatic rings. The molecule has 4 nitrogen and oxygen atoms in total. The van der Waals surface area contributed by atoms with Gasteiger partial charge in [-0.3, -0.25) is 4.79 Å². The molecule has 0 aliphatic carbocycles. The summed E-state index contributed by atoms with van der Waals surface area (Å²) in [4.78, 5) is 11.8. The average molecular weight is 270 g/mol. The molecular formula is C15H30N2O2. The number of hydrogen-bond donors (Lipinski definition) is 3. The Hall–Kier alpha value is -0.610. The highest BCUT2D eigenvalue weighted by Gasteiger charge is 2.17. The quantitative estimate of drug-likeness (QED) is 0.629. The predicted molar refractivity (Wildman–Crippen MR) is 77.9 cm³/mol. The Morgan fingerprint density at radius 1 is 1.32 bits per heavy atom. The lowest BCUT2D eigenvalue weighted by molar-refractivity contribution is -0.122. The Labute approximate surface area is 117 Å². The fraction of sp³-hybridized carbons (Fsp3) is 0.933. The van der Waals surface area contributed by atoms with E-state index in [9.17, 15) is 9.90 Å². The van der Waals surface area contributed by atoms with E-state index < -0.39 is 6.10 Å². The van der Waals surface area contributed by atoms with E-state index in [4.69, 9.17) is 0 Å². The number of carbonyl (C=O) groups excluding carboxylic acids is 1. The molecule has 1 amide bonds. The van der Waals surface area contributed by atoms with Gasteiger partial charge in [-0.15, -0.1) is 0 Å². The molecule has 19 heavy (non-hydrogen) atoms. The molecule has 1 rings (SSSR count). The number of amides is 1. The minimum atomic E-state index is -0.405. The second-order valence-electron chi connectivity index (χ2n) is 5.68. The molecule has 4 heteroatoms. The first-order valence-corrected chi connectivity index (χ1v) is 7.82. The minimum Gasteiger partial charge on any atom is -0.391 e. The lowest BCUT2D eigenvalue weighted by atomic mass is 9.93.